The van der Waals surface area contributed by atoms with Crippen LogP contribution in [0, 0.1) is 0 Å². The van der Waals surface area contributed by atoms with Crippen LogP contribution < -0.4 is 5.32 Å². The number of amides is 1. The van der Waals surface area contributed by atoms with Crippen molar-refractivity contribution in [3.05, 3.63) is 71.3 Å². The second-order valence-electron chi connectivity index (χ2n) is 6.16. The predicted molar refractivity (Wildman–Crippen MR) is 109 cm³/mol. The predicted octanol–water partition coefficient (Wildman–Crippen LogP) is 3.58. The third-order valence-electron chi connectivity index (χ3n) is 4.17. The Morgan fingerprint density at radius 2 is 2.00 bits per heavy atom. The van der Waals surface area contributed by atoms with Gasteiger partial charge in [-0.25, -0.2) is 20.4 Å². The molecule has 1 aliphatic rings. The molecule has 4 rings (SSSR count). The van der Waals surface area contributed by atoms with Crippen molar-refractivity contribution in [1.82, 2.24) is 14.6 Å². The Labute approximate surface area is 159 Å². The zero-order valence-corrected chi connectivity index (χ0v) is 15.6. The Morgan fingerprint density at radius 3 is 2.78 bits per heavy atom. The van der Waals surface area contributed by atoms with E-state index in [-0.39, 0.29) is 11.7 Å². The average molecular weight is 378 g/mol. The van der Waals surface area contributed by atoms with Crippen LogP contribution in [0.25, 0.3) is 16.9 Å². The van der Waals surface area contributed by atoms with Gasteiger partial charge in [0.05, 0.1) is 17.5 Å². The number of carbonyl (C=O) groups is 2. The summed E-state index contributed by atoms with van der Waals surface area (Å²) in [7, 11) is -0.525. The molecule has 0 spiro atoms. The maximum absolute atomic E-state index is 12.7. The van der Waals surface area contributed by atoms with Crippen molar-refractivity contribution in [3.8, 4) is 11.3 Å². The number of hydrogen-bond acceptors (Lipinski definition) is 4. The SMILES string of the molecule is CC(=O)Nc1cccc(-c2ccnc3c(C(=O)C[SH]4C=CC=C4)cnn23)c1. The summed E-state index contributed by atoms with van der Waals surface area (Å²) in [6.45, 7) is 1.47. The molecule has 1 aliphatic heterocycles. The van der Waals surface area contributed by atoms with E-state index in [9.17, 15) is 9.59 Å². The average Bonchev–Trinajstić information content (AvgIpc) is 3.30. The highest BCUT2D eigenvalue weighted by atomic mass is 32.2. The molecule has 6 nitrogen and oxygen atoms in total. The van der Waals surface area contributed by atoms with Crippen LogP contribution in [0.15, 0.2) is 65.7 Å². The molecule has 0 atom stereocenters. The van der Waals surface area contributed by atoms with E-state index in [1.165, 1.54) is 6.92 Å². The Balaban J connectivity index is 1.70. The second kappa shape index (κ2) is 7.20. The summed E-state index contributed by atoms with van der Waals surface area (Å²) in [6, 6.07) is 9.33. The molecule has 0 fully saturated rings. The molecule has 136 valence electrons. The van der Waals surface area contributed by atoms with E-state index in [0.29, 0.717) is 22.7 Å². The van der Waals surface area contributed by atoms with Crippen molar-refractivity contribution < 1.29 is 9.59 Å². The van der Waals surface area contributed by atoms with Crippen molar-refractivity contribution in [1.29, 1.82) is 0 Å². The van der Waals surface area contributed by atoms with Crippen molar-refractivity contribution >= 4 is 33.9 Å². The minimum Gasteiger partial charge on any atom is -0.326 e. The number of ketones is 1. The molecule has 0 saturated heterocycles. The summed E-state index contributed by atoms with van der Waals surface area (Å²) < 4.78 is 1.67. The summed E-state index contributed by atoms with van der Waals surface area (Å²) in [5.41, 5.74) is 3.46. The molecule has 3 heterocycles. The van der Waals surface area contributed by atoms with Crippen molar-refractivity contribution in [2.75, 3.05) is 11.1 Å². The van der Waals surface area contributed by atoms with Crippen LogP contribution in [0.1, 0.15) is 17.3 Å². The fraction of sp³-hybridized carbons (Fsp3) is 0.100. The largest absolute Gasteiger partial charge is 0.326 e. The first-order valence-corrected chi connectivity index (χ1v) is 10.1. The highest BCUT2D eigenvalue weighted by Crippen LogP contribution is 2.33. The number of nitrogens with one attached hydrogen (secondary N) is 1. The maximum atomic E-state index is 12.7. The molecule has 0 radical (unpaired) electrons. The number of aromatic nitrogens is 3. The lowest BCUT2D eigenvalue weighted by Gasteiger charge is -2.09. The summed E-state index contributed by atoms with van der Waals surface area (Å²) in [5.74, 6) is 0.382. The fourth-order valence-corrected chi connectivity index (χ4v) is 4.45. The first-order chi connectivity index (χ1) is 13.1. The van der Waals surface area contributed by atoms with Crippen molar-refractivity contribution in [3.63, 3.8) is 0 Å². The molecule has 1 aromatic carbocycles. The summed E-state index contributed by atoms with van der Waals surface area (Å²) >= 11 is 0. The lowest BCUT2D eigenvalue weighted by molar-refractivity contribution is -0.114. The quantitative estimate of drug-likeness (QED) is 0.526. The summed E-state index contributed by atoms with van der Waals surface area (Å²) in [5, 5.41) is 11.3. The van der Waals surface area contributed by atoms with Crippen LogP contribution in [0.5, 0.6) is 0 Å². The van der Waals surface area contributed by atoms with E-state index >= 15 is 0 Å². The van der Waals surface area contributed by atoms with Gasteiger partial charge in [0.2, 0.25) is 5.91 Å². The van der Waals surface area contributed by atoms with E-state index < -0.39 is 10.9 Å². The fourth-order valence-electron chi connectivity index (χ4n) is 2.99. The monoisotopic (exact) mass is 378 g/mol. The molecular formula is C20H18N4O2S. The molecule has 1 amide bonds. The van der Waals surface area contributed by atoms with E-state index in [2.05, 4.69) is 26.2 Å². The van der Waals surface area contributed by atoms with Gasteiger partial charge in [-0.2, -0.15) is 5.10 Å². The second-order valence-corrected chi connectivity index (χ2v) is 8.11. The standard InChI is InChI=1S/C20H18N4O2S/c1-14(25)23-16-6-4-5-15(11-16)18-7-8-21-20-17(12-22-24(18)20)19(26)13-27-9-2-3-10-27/h2-12,27H,13H2,1H3,(H,23,25). The molecular weight excluding hydrogens is 360 g/mol. The van der Waals surface area contributed by atoms with Crippen LogP contribution in [-0.2, 0) is 4.79 Å². The zero-order chi connectivity index (χ0) is 18.8. The molecule has 27 heavy (non-hydrogen) atoms. The minimum absolute atomic E-state index is 0.0453. The first kappa shape index (κ1) is 17.2. The number of fused-ring (bicyclic) bond motifs is 1. The van der Waals surface area contributed by atoms with E-state index in [1.807, 2.05) is 42.5 Å². The van der Waals surface area contributed by atoms with Crippen LogP contribution >= 0.6 is 10.9 Å². The highest BCUT2D eigenvalue weighted by Gasteiger charge is 2.18. The van der Waals surface area contributed by atoms with E-state index in [0.717, 1.165) is 11.3 Å². The number of nitrogens with zero attached hydrogens (tertiary/aromatic N) is 3. The number of hydrogen-bond donors (Lipinski definition) is 2. The van der Waals surface area contributed by atoms with Gasteiger partial charge in [0.25, 0.3) is 0 Å². The number of rotatable bonds is 5. The third-order valence-corrected chi connectivity index (χ3v) is 5.94. The van der Waals surface area contributed by atoms with Gasteiger partial charge < -0.3 is 5.32 Å². The molecule has 0 aliphatic carbocycles. The van der Waals surface area contributed by atoms with Gasteiger partial charge >= 0.3 is 0 Å². The van der Waals surface area contributed by atoms with Crippen LogP contribution in [0.3, 0.4) is 0 Å². The molecule has 3 aromatic rings. The van der Waals surface area contributed by atoms with Crippen molar-refractivity contribution in [2.45, 2.75) is 6.92 Å². The normalized spacial score (nSPS) is 14.0. The number of benzene rings is 1. The molecule has 7 heteroatoms. The lowest BCUT2D eigenvalue weighted by Crippen LogP contribution is -2.06. The first-order valence-electron chi connectivity index (χ1n) is 8.46. The Morgan fingerprint density at radius 1 is 1.19 bits per heavy atom. The summed E-state index contributed by atoms with van der Waals surface area (Å²) in [4.78, 5) is 28.4. The number of Topliss-reactive ketones (excluding diaryl/α,β-unsaturated/α-hetero) is 1. The van der Waals surface area contributed by atoms with Crippen molar-refractivity contribution in [2.24, 2.45) is 0 Å². The summed E-state index contributed by atoms with van der Waals surface area (Å²) in [6.07, 6.45) is 7.22. The van der Waals surface area contributed by atoms with Crippen LogP contribution in [0.2, 0.25) is 0 Å². The van der Waals surface area contributed by atoms with E-state index in [1.54, 1.807) is 16.9 Å². The van der Waals surface area contributed by atoms with Gasteiger partial charge in [0, 0.05) is 30.1 Å². The number of thiol groups is 1. The van der Waals surface area contributed by atoms with Gasteiger partial charge in [-0.1, -0.05) is 24.3 Å². The zero-order valence-electron chi connectivity index (χ0n) is 14.7. The van der Waals surface area contributed by atoms with Crippen LogP contribution in [0.4, 0.5) is 5.69 Å². The van der Waals surface area contributed by atoms with E-state index in [4.69, 9.17) is 0 Å². The van der Waals surface area contributed by atoms with Gasteiger partial charge in [0.1, 0.15) is 0 Å². The lowest BCUT2D eigenvalue weighted by atomic mass is 10.1. The van der Waals surface area contributed by atoms with Gasteiger partial charge in [0.15, 0.2) is 11.4 Å². The molecule has 0 bridgehead atoms. The number of anilines is 1. The minimum atomic E-state index is -0.525. The van der Waals surface area contributed by atoms with Gasteiger partial charge in [-0.15, -0.1) is 0 Å². The Bertz CT molecular complexity index is 1090. The molecule has 0 saturated carbocycles. The Hall–Kier alpha value is -3.19. The maximum Gasteiger partial charge on any atom is 0.221 e. The Kier molecular flexibility index (Phi) is 4.60. The van der Waals surface area contributed by atoms with Gasteiger partial charge in [-0.05, 0) is 29.0 Å². The molecule has 2 aromatic heterocycles. The number of carbonyl (C=O) groups excluding carboxylic acids is 2. The molecule has 1 N–H and O–H groups in total. The number of allylic oxidation sites excluding steroid dienone is 2. The highest BCUT2D eigenvalue weighted by molar-refractivity contribution is 8.22. The third kappa shape index (κ3) is 3.54. The van der Waals surface area contributed by atoms with Crippen LogP contribution in [-0.4, -0.2) is 32.0 Å². The molecule has 0 unspecified atom stereocenters. The van der Waals surface area contributed by atoms with Gasteiger partial charge in [-0.3, -0.25) is 9.59 Å². The smallest absolute Gasteiger partial charge is 0.221 e. The topological polar surface area (TPSA) is 76.4 Å².